The van der Waals surface area contributed by atoms with Crippen molar-refractivity contribution in [2.24, 2.45) is 5.10 Å². The molecule has 222 valence electrons. The van der Waals surface area contributed by atoms with Gasteiger partial charge in [-0.25, -0.2) is 9.59 Å². The van der Waals surface area contributed by atoms with E-state index < -0.39 is 24.3 Å². The van der Waals surface area contributed by atoms with Crippen molar-refractivity contribution in [3.63, 3.8) is 0 Å². The van der Waals surface area contributed by atoms with Crippen molar-refractivity contribution < 1.29 is 28.9 Å². The smallest absolute Gasteiger partial charge is 0.337 e. The number of aliphatic hydroxyl groups is 1. The topological polar surface area (TPSA) is 135 Å². The number of aryl methyl sites for hydroxylation is 1. The minimum atomic E-state index is -1.07. The number of carbonyl (C=O) groups excluding carboxylic acids is 2. The van der Waals surface area contributed by atoms with Gasteiger partial charge in [-0.05, 0) is 64.3 Å². The molecule has 0 spiro atoms. The van der Waals surface area contributed by atoms with Crippen molar-refractivity contribution in [1.29, 1.82) is 0 Å². The van der Waals surface area contributed by atoms with Gasteiger partial charge in [0.05, 0.1) is 31.5 Å². The van der Waals surface area contributed by atoms with Crippen LogP contribution in [0, 0.1) is 13.8 Å². The van der Waals surface area contributed by atoms with Gasteiger partial charge in [-0.15, -0.1) is 0 Å². The highest BCUT2D eigenvalue weighted by Gasteiger charge is 2.32. The third-order valence-electron chi connectivity index (χ3n) is 7.56. The summed E-state index contributed by atoms with van der Waals surface area (Å²) in [6, 6.07) is 6.61. The maximum absolute atomic E-state index is 12.4. The zero-order valence-corrected chi connectivity index (χ0v) is 24.5. The second kappa shape index (κ2) is 13.6. The summed E-state index contributed by atoms with van der Waals surface area (Å²) in [5, 5.41) is 20.1. The van der Waals surface area contributed by atoms with Crippen LogP contribution in [0.1, 0.15) is 80.6 Å². The van der Waals surface area contributed by atoms with Crippen LogP contribution in [0.2, 0.25) is 0 Å². The first-order valence-electron chi connectivity index (χ1n) is 14.1. The number of benzene rings is 1. The molecule has 1 fully saturated rings. The third-order valence-corrected chi connectivity index (χ3v) is 7.56. The number of ether oxygens (including phenoxy) is 3. The number of urea groups is 1. The third kappa shape index (κ3) is 7.02. The Morgan fingerprint density at radius 1 is 1.17 bits per heavy atom. The molecule has 1 aliphatic heterocycles. The Bertz CT molecular complexity index is 1310. The van der Waals surface area contributed by atoms with Crippen molar-refractivity contribution in [1.82, 2.24) is 20.6 Å². The molecule has 2 aromatic rings. The van der Waals surface area contributed by atoms with Crippen LogP contribution in [0.4, 0.5) is 4.79 Å². The highest BCUT2D eigenvalue weighted by Crippen LogP contribution is 2.35. The number of methoxy groups -OCH3 is 1. The zero-order chi connectivity index (χ0) is 29.5. The number of hydrogen-bond donors (Lipinski definition) is 4. The van der Waals surface area contributed by atoms with E-state index in [9.17, 15) is 14.7 Å². The largest absolute Gasteiger partial charge is 0.490 e. The molecular formula is C30H41N5O6. The monoisotopic (exact) mass is 567 g/mol. The van der Waals surface area contributed by atoms with Gasteiger partial charge in [0, 0.05) is 28.7 Å². The van der Waals surface area contributed by atoms with Crippen molar-refractivity contribution in [2.45, 2.75) is 78.1 Å². The fourth-order valence-electron chi connectivity index (χ4n) is 5.65. The Balaban J connectivity index is 1.41. The molecule has 2 atom stereocenters. The number of hydrazone groups is 1. The van der Waals surface area contributed by atoms with E-state index in [1.807, 2.05) is 6.92 Å². The molecule has 0 unspecified atom stereocenters. The van der Waals surface area contributed by atoms with Gasteiger partial charge in [0.1, 0.15) is 6.61 Å². The number of aromatic nitrogens is 1. The number of aliphatic hydroxyl groups excluding tert-OH is 1. The first kappa shape index (κ1) is 30.0. The summed E-state index contributed by atoms with van der Waals surface area (Å²) in [5.41, 5.74) is 7.46. The lowest BCUT2D eigenvalue weighted by Gasteiger charge is -2.28. The molecule has 11 nitrogen and oxygen atoms in total. The van der Waals surface area contributed by atoms with Gasteiger partial charge in [-0.2, -0.15) is 5.10 Å². The van der Waals surface area contributed by atoms with Crippen LogP contribution in [-0.4, -0.2) is 54.4 Å². The van der Waals surface area contributed by atoms with Gasteiger partial charge >= 0.3 is 12.0 Å². The van der Waals surface area contributed by atoms with Crippen LogP contribution in [0.25, 0.3) is 0 Å². The molecule has 11 heteroatoms. The summed E-state index contributed by atoms with van der Waals surface area (Å²) in [7, 11) is 1.29. The lowest BCUT2D eigenvalue weighted by molar-refractivity contribution is -0.136. The normalized spacial score (nSPS) is 18.6. The van der Waals surface area contributed by atoms with E-state index >= 15 is 0 Å². The standard InChI is InChI=1S/C30H41N5O6/c1-6-40-25-15-21(28-27(29(37)39-5)19(3)32-30(38)33-28)12-13-24(25)41-17-26(36)34-31-16-22-14-18(2)35(20(22)4)23-10-8-7-9-11-23/h12-16,23,26,28,34,36H,6-11,17H2,1-5H3,(H2,32,33,38)/b31-16-/t26-,28-/m1/s1. The SMILES string of the molecule is CCOc1cc([C@H]2NC(=O)NC(C)=C2C(=O)OC)ccc1OC[C@@H](O)N/N=C\c1cc(C)n(C2CCCCC2)c1C. The predicted octanol–water partition coefficient (Wildman–Crippen LogP) is 4.13. The van der Waals surface area contributed by atoms with Crippen LogP contribution in [0.3, 0.4) is 0 Å². The average Bonchev–Trinajstić information content (AvgIpc) is 3.24. The molecule has 2 heterocycles. The molecule has 1 saturated carbocycles. The molecule has 2 amide bonds. The molecule has 41 heavy (non-hydrogen) atoms. The van der Waals surface area contributed by atoms with Gasteiger partial charge in [-0.3, -0.25) is 5.43 Å². The van der Waals surface area contributed by atoms with E-state index in [4.69, 9.17) is 14.2 Å². The Labute approximate surface area is 240 Å². The summed E-state index contributed by atoms with van der Waals surface area (Å²) < 4.78 is 19.0. The highest BCUT2D eigenvalue weighted by atomic mass is 16.5. The lowest BCUT2D eigenvalue weighted by Crippen LogP contribution is -2.45. The van der Waals surface area contributed by atoms with E-state index in [0.29, 0.717) is 41.0 Å². The van der Waals surface area contributed by atoms with Crippen LogP contribution in [-0.2, 0) is 9.53 Å². The van der Waals surface area contributed by atoms with Gasteiger partial charge in [0.15, 0.2) is 17.7 Å². The Hall–Kier alpha value is -3.99. The number of rotatable bonds is 11. The average molecular weight is 568 g/mol. The van der Waals surface area contributed by atoms with Crippen LogP contribution >= 0.6 is 0 Å². The summed E-state index contributed by atoms with van der Waals surface area (Å²) in [4.78, 5) is 24.6. The van der Waals surface area contributed by atoms with Crippen molar-refractivity contribution in [2.75, 3.05) is 20.3 Å². The number of amides is 2. The molecule has 0 bridgehead atoms. The quantitative estimate of drug-likeness (QED) is 0.139. The first-order chi connectivity index (χ1) is 19.7. The Morgan fingerprint density at radius 2 is 1.93 bits per heavy atom. The van der Waals surface area contributed by atoms with Crippen LogP contribution in [0.15, 0.2) is 40.6 Å². The second-order valence-electron chi connectivity index (χ2n) is 10.4. The first-order valence-corrected chi connectivity index (χ1v) is 14.1. The predicted molar refractivity (Wildman–Crippen MR) is 155 cm³/mol. The maximum atomic E-state index is 12.4. The number of esters is 1. The number of carbonyl (C=O) groups is 2. The van der Waals surface area contributed by atoms with Crippen molar-refractivity contribution in [3.8, 4) is 11.5 Å². The second-order valence-corrected chi connectivity index (χ2v) is 10.4. The van der Waals surface area contributed by atoms with E-state index in [-0.39, 0.29) is 6.61 Å². The number of nitrogens with zero attached hydrogens (tertiary/aromatic N) is 2. The summed E-state index contributed by atoms with van der Waals surface area (Å²) >= 11 is 0. The van der Waals surface area contributed by atoms with Gasteiger partial charge in [-0.1, -0.05) is 25.3 Å². The van der Waals surface area contributed by atoms with Crippen molar-refractivity contribution in [3.05, 3.63) is 58.1 Å². The number of nitrogens with one attached hydrogen (secondary N) is 3. The zero-order valence-electron chi connectivity index (χ0n) is 24.5. The fourth-order valence-corrected chi connectivity index (χ4v) is 5.65. The molecule has 2 aliphatic rings. The van der Waals surface area contributed by atoms with Gasteiger partial charge < -0.3 is 34.5 Å². The van der Waals surface area contributed by atoms with E-state index in [1.54, 1.807) is 31.3 Å². The molecule has 1 aromatic carbocycles. The summed E-state index contributed by atoms with van der Waals surface area (Å²) in [5.74, 6) is 0.256. The molecule has 4 N–H and O–H groups in total. The van der Waals surface area contributed by atoms with E-state index in [2.05, 4.69) is 45.6 Å². The number of allylic oxidation sites excluding steroid dienone is 1. The number of hydrogen-bond acceptors (Lipinski definition) is 8. The maximum Gasteiger partial charge on any atom is 0.337 e. The van der Waals surface area contributed by atoms with Crippen LogP contribution < -0.4 is 25.5 Å². The molecule has 4 rings (SSSR count). The van der Waals surface area contributed by atoms with Crippen molar-refractivity contribution >= 4 is 18.2 Å². The Morgan fingerprint density at radius 3 is 2.63 bits per heavy atom. The van der Waals surface area contributed by atoms with E-state index in [1.165, 1.54) is 50.6 Å². The molecule has 0 radical (unpaired) electrons. The summed E-state index contributed by atoms with van der Waals surface area (Å²) in [6.07, 6.45) is 6.94. The molecule has 1 aliphatic carbocycles. The highest BCUT2D eigenvalue weighted by molar-refractivity contribution is 5.95. The minimum Gasteiger partial charge on any atom is -0.490 e. The molecule has 0 saturated heterocycles. The Kier molecular flexibility index (Phi) is 9.93. The fraction of sp³-hybridized carbons (Fsp3) is 0.500. The van der Waals surface area contributed by atoms with Gasteiger partial charge in [0.25, 0.3) is 0 Å². The van der Waals surface area contributed by atoms with Crippen LogP contribution in [0.5, 0.6) is 11.5 Å². The lowest BCUT2D eigenvalue weighted by atomic mass is 9.95. The molecule has 1 aromatic heterocycles. The summed E-state index contributed by atoms with van der Waals surface area (Å²) in [6.45, 7) is 7.99. The van der Waals surface area contributed by atoms with Gasteiger partial charge in [0.2, 0.25) is 0 Å². The molecular weight excluding hydrogens is 526 g/mol. The minimum absolute atomic E-state index is 0.0889. The van der Waals surface area contributed by atoms with E-state index in [0.717, 1.165) is 5.56 Å².